The zero-order chi connectivity index (χ0) is 17.6. The Hall–Kier alpha value is -2.52. The highest BCUT2D eigenvalue weighted by Gasteiger charge is 2.20. The average molecular weight is 391 g/mol. The van der Waals surface area contributed by atoms with Crippen LogP contribution >= 0.6 is 15.9 Å². The number of para-hydroxylation sites is 2. The van der Waals surface area contributed by atoms with Gasteiger partial charge in [-0.05, 0) is 30.7 Å². The van der Waals surface area contributed by atoms with Crippen LogP contribution in [0.1, 0.15) is 17.3 Å². The SMILES string of the molecule is CC(=O)c1ccc(-c2c3ccccc3[n+](C)c3ccccc23)c(Br)c1. The van der Waals surface area contributed by atoms with Crippen LogP contribution in [-0.2, 0) is 7.05 Å². The van der Waals surface area contributed by atoms with Gasteiger partial charge in [0.15, 0.2) is 5.78 Å². The second-order valence-electron chi connectivity index (χ2n) is 6.22. The number of Topliss-reactive ketones (excluding diaryl/α,β-unsaturated/α-hetero) is 1. The normalized spacial score (nSPS) is 11.2. The molecule has 122 valence electrons. The molecule has 4 aromatic rings. The summed E-state index contributed by atoms with van der Waals surface area (Å²) in [5.74, 6) is 0.0708. The van der Waals surface area contributed by atoms with Crippen molar-refractivity contribution in [2.75, 3.05) is 0 Å². The second kappa shape index (κ2) is 6.08. The molecule has 0 aliphatic rings. The lowest BCUT2D eigenvalue weighted by atomic mass is 9.94. The van der Waals surface area contributed by atoms with Gasteiger partial charge in [-0.2, -0.15) is 4.57 Å². The van der Waals surface area contributed by atoms with Crippen LogP contribution in [-0.4, -0.2) is 5.78 Å². The van der Waals surface area contributed by atoms with Crippen molar-refractivity contribution in [1.29, 1.82) is 0 Å². The number of halogens is 1. The molecule has 4 rings (SSSR count). The molecule has 0 atom stereocenters. The molecule has 0 amide bonds. The first-order valence-corrected chi connectivity index (χ1v) is 8.97. The van der Waals surface area contributed by atoms with Gasteiger partial charge in [0, 0.05) is 27.7 Å². The van der Waals surface area contributed by atoms with Gasteiger partial charge >= 0.3 is 0 Å². The number of carbonyl (C=O) groups is 1. The fraction of sp³-hybridized carbons (Fsp3) is 0.0909. The number of hydrogen-bond donors (Lipinski definition) is 0. The van der Waals surface area contributed by atoms with E-state index in [4.69, 9.17) is 0 Å². The van der Waals surface area contributed by atoms with Gasteiger partial charge in [-0.3, -0.25) is 4.79 Å². The fourth-order valence-corrected chi connectivity index (χ4v) is 4.03. The van der Waals surface area contributed by atoms with Crippen molar-refractivity contribution in [3.05, 3.63) is 76.8 Å². The summed E-state index contributed by atoms with van der Waals surface area (Å²) in [5, 5.41) is 2.39. The second-order valence-corrected chi connectivity index (χ2v) is 7.07. The lowest BCUT2D eigenvalue weighted by molar-refractivity contribution is -0.617. The molecule has 3 aromatic carbocycles. The van der Waals surface area contributed by atoms with E-state index in [1.807, 2.05) is 18.2 Å². The minimum absolute atomic E-state index is 0.0708. The molecule has 0 saturated carbocycles. The predicted molar refractivity (Wildman–Crippen MR) is 106 cm³/mol. The van der Waals surface area contributed by atoms with Crippen molar-refractivity contribution in [2.24, 2.45) is 7.05 Å². The molecule has 0 fully saturated rings. The van der Waals surface area contributed by atoms with E-state index in [1.54, 1.807) is 6.92 Å². The molecule has 0 aliphatic carbocycles. The summed E-state index contributed by atoms with van der Waals surface area (Å²) in [4.78, 5) is 11.7. The molecule has 3 heteroatoms. The summed E-state index contributed by atoms with van der Waals surface area (Å²) in [5.41, 5.74) is 5.35. The highest BCUT2D eigenvalue weighted by molar-refractivity contribution is 9.10. The van der Waals surface area contributed by atoms with Gasteiger partial charge in [0.25, 0.3) is 0 Å². The maximum absolute atomic E-state index is 11.7. The molecule has 25 heavy (non-hydrogen) atoms. The molecule has 0 unspecified atom stereocenters. The average Bonchev–Trinajstić information content (AvgIpc) is 2.63. The maximum Gasteiger partial charge on any atom is 0.213 e. The van der Waals surface area contributed by atoms with Crippen LogP contribution in [0, 0.1) is 0 Å². The minimum atomic E-state index is 0.0708. The number of pyridine rings is 1. The van der Waals surface area contributed by atoms with E-state index in [1.165, 1.54) is 27.4 Å². The number of aromatic nitrogens is 1. The Balaban J connectivity index is 2.17. The highest BCUT2D eigenvalue weighted by atomic mass is 79.9. The van der Waals surface area contributed by atoms with Crippen LogP contribution < -0.4 is 4.57 Å². The Labute approximate surface area is 154 Å². The topological polar surface area (TPSA) is 20.9 Å². The molecule has 0 radical (unpaired) electrons. The van der Waals surface area contributed by atoms with Gasteiger partial charge in [-0.25, -0.2) is 0 Å². The summed E-state index contributed by atoms with van der Waals surface area (Å²) in [6, 6.07) is 22.7. The van der Waals surface area contributed by atoms with Gasteiger partial charge in [-0.1, -0.05) is 52.3 Å². The third-order valence-electron chi connectivity index (χ3n) is 4.71. The number of hydrogen-bond acceptors (Lipinski definition) is 1. The molecule has 1 aromatic heterocycles. The van der Waals surface area contributed by atoms with Crippen molar-refractivity contribution >= 4 is 43.5 Å². The van der Waals surface area contributed by atoms with Crippen molar-refractivity contribution in [3.8, 4) is 11.1 Å². The molecule has 2 nitrogen and oxygen atoms in total. The summed E-state index contributed by atoms with van der Waals surface area (Å²) >= 11 is 3.68. The van der Waals surface area contributed by atoms with E-state index < -0.39 is 0 Å². The molecule has 0 bridgehead atoms. The van der Waals surface area contributed by atoms with Crippen LogP contribution in [0.5, 0.6) is 0 Å². The largest absolute Gasteiger partial charge is 0.295 e. The van der Waals surface area contributed by atoms with Crippen LogP contribution in [0.3, 0.4) is 0 Å². The third-order valence-corrected chi connectivity index (χ3v) is 5.37. The van der Waals surface area contributed by atoms with Gasteiger partial charge in [-0.15, -0.1) is 0 Å². The number of aryl methyl sites for hydroxylation is 1. The summed E-state index contributed by atoms with van der Waals surface area (Å²) in [6.07, 6.45) is 0. The lowest BCUT2D eigenvalue weighted by Crippen LogP contribution is -2.30. The summed E-state index contributed by atoms with van der Waals surface area (Å²) in [7, 11) is 2.10. The smallest absolute Gasteiger partial charge is 0.213 e. The van der Waals surface area contributed by atoms with Gasteiger partial charge in [0.2, 0.25) is 11.0 Å². The van der Waals surface area contributed by atoms with E-state index in [9.17, 15) is 4.79 Å². The van der Waals surface area contributed by atoms with E-state index in [-0.39, 0.29) is 5.78 Å². The number of nitrogens with zero attached hydrogens (tertiary/aromatic N) is 1. The Morgan fingerprint density at radius 1 is 0.880 bits per heavy atom. The fourth-order valence-electron chi connectivity index (χ4n) is 3.46. The van der Waals surface area contributed by atoms with Gasteiger partial charge < -0.3 is 0 Å². The van der Waals surface area contributed by atoms with Gasteiger partial charge in [0.05, 0.1) is 10.8 Å². The molecule has 0 spiro atoms. The van der Waals surface area contributed by atoms with E-state index >= 15 is 0 Å². The molecule has 0 saturated heterocycles. The third kappa shape index (κ3) is 2.56. The number of rotatable bonds is 2. The summed E-state index contributed by atoms with van der Waals surface area (Å²) < 4.78 is 3.16. The lowest BCUT2D eigenvalue weighted by Gasteiger charge is -2.12. The zero-order valence-corrected chi connectivity index (χ0v) is 15.7. The van der Waals surface area contributed by atoms with Crippen LogP contribution in [0.4, 0.5) is 0 Å². The number of ketones is 1. The van der Waals surface area contributed by atoms with E-state index in [0.717, 1.165) is 10.0 Å². The molecular formula is C22H17BrNO+. The summed E-state index contributed by atoms with van der Waals surface area (Å²) in [6.45, 7) is 1.59. The van der Waals surface area contributed by atoms with Crippen molar-refractivity contribution in [2.45, 2.75) is 6.92 Å². The zero-order valence-electron chi connectivity index (χ0n) is 14.1. The Morgan fingerprint density at radius 3 is 1.96 bits per heavy atom. The van der Waals surface area contributed by atoms with Crippen molar-refractivity contribution in [1.82, 2.24) is 0 Å². The van der Waals surface area contributed by atoms with Crippen LogP contribution in [0.2, 0.25) is 0 Å². The first kappa shape index (κ1) is 16.0. The molecule has 0 aliphatic heterocycles. The number of benzene rings is 3. The molecule has 0 N–H and O–H groups in total. The number of fused-ring (bicyclic) bond motifs is 2. The maximum atomic E-state index is 11.7. The predicted octanol–water partition coefficient (Wildman–Crippen LogP) is 5.45. The first-order chi connectivity index (χ1) is 12.1. The van der Waals surface area contributed by atoms with Crippen LogP contribution in [0.15, 0.2) is 71.2 Å². The highest BCUT2D eigenvalue weighted by Crippen LogP contribution is 2.38. The Bertz CT molecular complexity index is 1090. The van der Waals surface area contributed by atoms with Crippen molar-refractivity contribution in [3.63, 3.8) is 0 Å². The standard InChI is InChI=1S/C22H17BrNO/c1-14(25)15-11-12-16(19(23)13-15)22-17-7-3-5-9-20(17)24(2)21-10-6-4-8-18(21)22/h3-13H,1-2H3/q+1. The van der Waals surface area contributed by atoms with E-state index in [2.05, 4.69) is 76.1 Å². The Morgan fingerprint density at radius 2 is 1.44 bits per heavy atom. The molecular weight excluding hydrogens is 374 g/mol. The van der Waals surface area contributed by atoms with Crippen LogP contribution in [0.25, 0.3) is 32.9 Å². The van der Waals surface area contributed by atoms with Crippen molar-refractivity contribution < 1.29 is 9.36 Å². The number of carbonyl (C=O) groups excluding carboxylic acids is 1. The van der Waals surface area contributed by atoms with Gasteiger partial charge in [0.1, 0.15) is 7.05 Å². The van der Waals surface area contributed by atoms with E-state index in [0.29, 0.717) is 5.56 Å². The Kier molecular flexibility index (Phi) is 3.89. The monoisotopic (exact) mass is 390 g/mol. The first-order valence-electron chi connectivity index (χ1n) is 8.18. The molecule has 1 heterocycles. The minimum Gasteiger partial charge on any atom is -0.295 e. The quantitative estimate of drug-likeness (QED) is 0.253.